The summed E-state index contributed by atoms with van der Waals surface area (Å²) in [6, 6.07) is 7.93. The van der Waals surface area contributed by atoms with Crippen LogP contribution >= 0.6 is 0 Å². The number of ether oxygens (including phenoxy) is 2. The number of nitrogens with zero attached hydrogens (tertiary/aromatic N) is 2. The van der Waals surface area contributed by atoms with E-state index in [-0.39, 0.29) is 0 Å². The number of hydrogen-bond acceptors (Lipinski definition) is 4. The van der Waals surface area contributed by atoms with Crippen LogP contribution in [0.1, 0.15) is 5.56 Å². The van der Waals surface area contributed by atoms with Gasteiger partial charge in [0, 0.05) is 13.6 Å². The van der Waals surface area contributed by atoms with Crippen LogP contribution < -0.4 is 14.8 Å². The molecule has 2 aromatic rings. The Kier molecular flexibility index (Phi) is 3.72. The topological polar surface area (TPSA) is 48.3 Å². The zero-order valence-corrected chi connectivity index (χ0v) is 10.8. The summed E-state index contributed by atoms with van der Waals surface area (Å²) in [6.07, 6.45) is 1.89. The van der Waals surface area contributed by atoms with Crippen molar-refractivity contribution in [2.45, 2.75) is 6.54 Å². The quantitative estimate of drug-likeness (QED) is 0.878. The van der Waals surface area contributed by atoms with Gasteiger partial charge in [-0.25, -0.2) is 0 Å². The van der Waals surface area contributed by atoms with Crippen LogP contribution in [0.4, 0.5) is 5.69 Å². The van der Waals surface area contributed by atoms with Crippen molar-refractivity contribution < 1.29 is 9.47 Å². The van der Waals surface area contributed by atoms with Gasteiger partial charge < -0.3 is 14.8 Å². The Morgan fingerprint density at radius 3 is 2.83 bits per heavy atom. The van der Waals surface area contributed by atoms with Crippen molar-refractivity contribution in [3.05, 3.63) is 36.0 Å². The summed E-state index contributed by atoms with van der Waals surface area (Å²) in [5.74, 6) is 1.45. The first-order valence-corrected chi connectivity index (χ1v) is 5.67. The normalized spacial score (nSPS) is 10.2. The molecule has 0 fully saturated rings. The van der Waals surface area contributed by atoms with Gasteiger partial charge in [-0.05, 0) is 17.7 Å². The molecule has 1 heterocycles. The summed E-state index contributed by atoms with van der Waals surface area (Å²) >= 11 is 0. The zero-order chi connectivity index (χ0) is 13.0. The molecule has 2 rings (SSSR count). The van der Waals surface area contributed by atoms with Crippen LogP contribution in [-0.4, -0.2) is 24.0 Å². The minimum Gasteiger partial charge on any atom is -0.497 e. The molecule has 0 atom stereocenters. The molecule has 0 radical (unpaired) electrons. The lowest BCUT2D eigenvalue weighted by atomic mass is 10.2. The largest absolute Gasteiger partial charge is 0.497 e. The molecule has 0 bridgehead atoms. The Bertz CT molecular complexity index is 523. The fourth-order valence-electron chi connectivity index (χ4n) is 1.72. The molecule has 0 aliphatic heterocycles. The number of methoxy groups -OCH3 is 2. The molecule has 1 N–H and O–H groups in total. The van der Waals surface area contributed by atoms with Crippen molar-refractivity contribution in [3.8, 4) is 11.6 Å². The third-order valence-corrected chi connectivity index (χ3v) is 2.61. The van der Waals surface area contributed by atoms with E-state index in [4.69, 9.17) is 9.47 Å². The van der Waals surface area contributed by atoms with Gasteiger partial charge in [-0.1, -0.05) is 12.1 Å². The number of benzene rings is 1. The minimum atomic E-state index is 0.598. The van der Waals surface area contributed by atoms with Crippen LogP contribution in [-0.2, 0) is 13.6 Å². The van der Waals surface area contributed by atoms with E-state index in [1.54, 1.807) is 18.9 Å². The Hall–Kier alpha value is -2.17. The lowest BCUT2D eigenvalue weighted by Gasteiger charge is -2.07. The van der Waals surface area contributed by atoms with E-state index >= 15 is 0 Å². The van der Waals surface area contributed by atoms with Gasteiger partial charge in [0.05, 0.1) is 20.4 Å². The van der Waals surface area contributed by atoms with E-state index in [0.717, 1.165) is 17.0 Å². The summed E-state index contributed by atoms with van der Waals surface area (Å²) in [6.45, 7) is 0.694. The van der Waals surface area contributed by atoms with Gasteiger partial charge in [0.1, 0.15) is 11.4 Å². The highest BCUT2D eigenvalue weighted by molar-refractivity contribution is 5.51. The third kappa shape index (κ3) is 2.74. The standard InChI is InChI=1S/C13H17N3O2/c1-16-9-12(13(15-16)18-3)14-8-10-5-4-6-11(7-10)17-2/h4-7,9,14H,8H2,1-3H3. The van der Waals surface area contributed by atoms with Crippen molar-refractivity contribution in [2.75, 3.05) is 19.5 Å². The molecule has 0 aliphatic carbocycles. The predicted molar refractivity (Wildman–Crippen MR) is 70.1 cm³/mol. The average Bonchev–Trinajstić information content (AvgIpc) is 2.77. The summed E-state index contributed by atoms with van der Waals surface area (Å²) < 4.78 is 12.1. The Morgan fingerprint density at radius 2 is 2.11 bits per heavy atom. The molecule has 5 nitrogen and oxygen atoms in total. The van der Waals surface area contributed by atoms with Crippen molar-refractivity contribution in [1.29, 1.82) is 0 Å². The number of aromatic nitrogens is 2. The molecule has 18 heavy (non-hydrogen) atoms. The van der Waals surface area contributed by atoms with Crippen LogP contribution in [0, 0.1) is 0 Å². The van der Waals surface area contributed by atoms with Crippen LogP contribution in [0.2, 0.25) is 0 Å². The third-order valence-electron chi connectivity index (χ3n) is 2.61. The SMILES string of the molecule is COc1cccc(CNc2cn(C)nc2OC)c1. The molecule has 0 spiro atoms. The van der Waals surface area contributed by atoms with Crippen molar-refractivity contribution in [1.82, 2.24) is 9.78 Å². The fraction of sp³-hybridized carbons (Fsp3) is 0.308. The first-order chi connectivity index (χ1) is 8.72. The predicted octanol–water partition coefficient (Wildman–Crippen LogP) is 2.05. The molecular weight excluding hydrogens is 230 g/mol. The highest BCUT2D eigenvalue weighted by Crippen LogP contribution is 2.22. The maximum absolute atomic E-state index is 5.19. The molecule has 1 aromatic heterocycles. The Labute approximate surface area is 106 Å². The molecule has 96 valence electrons. The average molecular weight is 247 g/mol. The van der Waals surface area contributed by atoms with E-state index in [2.05, 4.69) is 10.4 Å². The second-order valence-corrected chi connectivity index (χ2v) is 3.93. The summed E-state index contributed by atoms with van der Waals surface area (Å²) in [4.78, 5) is 0. The second-order valence-electron chi connectivity index (χ2n) is 3.93. The smallest absolute Gasteiger partial charge is 0.256 e. The lowest BCUT2D eigenvalue weighted by Crippen LogP contribution is -2.00. The number of nitrogens with one attached hydrogen (secondary N) is 1. The molecule has 0 saturated heterocycles. The van der Waals surface area contributed by atoms with Gasteiger partial charge in [0.2, 0.25) is 0 Å². The maximum atomic E-state index is 5.19. The van der Waals surface area contributed by atoms with Crippen LogP contribution in [0.5, 0.6) is 11.6 Å². The highest BCUT2D eigenvalue weighted by atomic mass is 16.5. The van der Waals surface area contributed by atoms with E-state index in [9.17, 15) is 0 Å². The number of hydrogen-bond donors (Lipinski definition) is 1. The molecule has 0 aliphatic rings. The minimum absolute atomic E-state index is 0.598. The molecule has 0 amide bonds. The van der Waals surface area contributed by atoms with Gasteiger partial charge in [-0.3, -0.25) is 4.68 Å². The van der Waals surface area contributed by atoms with E-state index in [1.807, 2.05) is 37.5 Å². The lowest BCUT2D eigenvalue weighted by molar-refractivity contribution is 0.393. The monoisotopic (exact) mass is 247 g/mol. The van der Waals surface area contributed by atoms with Crippen LogP contribution in [0.3, 0.4) is 0 Å². The Balaban J connectivity index is 2.06. The van der Waals surface area contributed by atoms with Gasteiger partial charge >= 0.3 is 0 Å². The van der Waals surface area contributed by atoms with Gasteiger partial charge in [-0.15, -0.1) is 5.10 Å². The summed E-state index contributed by atoms with van der Waals surface area (Å²) in [5.41, 5.74) is 2.02. The number of rotatable bonds is 5. The Morgan fingerprint density at radius 1 is 1.28 bits per heavy atom. The molecule has 5 heteroatoms. The molecular formula is C13H17N3O2. The van der Waals surface area contributed by atoms with Crippen LogP contribution in [0.15, 0.2) is 30.5 Å². The molecule has 0 unspecified atom stereocenters. The fourth-order valence-corrected chi connectivity index (χ4v) is 1.72. The zero-order valence-electron chi connectivity index (χ0n) is 10.8. The maximum Gasteiger partial charge on any atom is 0.256 e. The van der Waals surface area contributed by atoms with Crippen molar-refractivity contribution in [2.24, 2.45) is 7.05 Å². The highest BCUT2D eigenvalue weighted by Gasteiger charge is 2.07. The molecule has 0 saturated carbocycles. The second kappa shape index (κ2) is 5.44. The van der Waals surface area contributed by atoms with Gasteiger partial charge in [-0.2, -0.15) is 0 Å². The van der Waals surface area contributed by atoms with Crippen molar-refractivity contribution >= 4 is 5.69 Å². The summed E-state index contributed by atoms with van der Waals surface area (Å²) in [5, 5.41) is 7.47. The first-order valence-electron chi connectivity index (χ1n) is 5.67. The van der Waals surface area contributed by atoms with Crippen LogP contribution in [0.25, 0.3) is 0 Å². The van der Waals surface area contributed by atoms with E-state index in [1.165, 1.54) is 0 Å². The van der Waals surface area contributed by atoms with E-state index in [0.29, 0.717) is 12.4 Å². The van der Waals surface area contributed by atoms with Gasteiger partial charge in [0.15, 0.2) is 0 Å². The van der Waals surface area contributed by atoms with Crippen molar-refractivity contribution in [3.63, 3.8) is 0 Å². The van der Waals surface area contributed by atoms with Gasteiger partial charge in [0.25, 0.3) is 5.88 Å². The summed E-state index contributed by atoms with van der Waals surface area (Å²) in [7, 11) is 5.13. The number of aryl methyl sites for hydroxylation is 1. The molecule has 1 aromatic carbocycles. The van der Waals surface area contributed by atoms with E-state index < -0.39 is 0 Å². The number of anilines is 1. The first kappa shape index (κ1) is 12.3.